The van der Waals surface area contributed by atoms with Crippen molar-refractivity contribution in [1.29, 1.82) is 0 Å². The zero-order valence-corrected chi connectivity index (χ0v) is 13.2. The second-order valence-corrected chi connectivity index (χ2v) is 6.60. The highest BCUT2D eigenvalue weighted by molar-refractivity contribution is 6.29. The predicted octanol–water partition coefficient (Wildman–Crippen LogP) is 4.12. The third-order valence-corrected chi connectivity index (χ3v) is 3.60. The van der Waals surface area contributed by atoms with Crippen molar-refractivity contribution in [3.63, 3.8) is 0 Å². The lowest BCUT2D eigenvalue weighted by atomic mass is 9.87. The van der Waals surface area contributed by atoms with Gasteiger partial charge in [0, 0.05) is 25.1 Å². The fourth-order valence-electron chi connectivity index (χ4n) is 1.64. The van der Waals surface area contributed by atoms with Gasteiger partial charge in [0.1, 0.15) is 16.8 Å². The highest BCUT2D eigenvalue weighted by Gasteiger charge is 2.25. The first-order chi connectivity index (χ1) is 8.12. The molecule has 0 spiro atoms. The zero-order valence-electron chi connectivity index (χ0n) is 12.5. The molecule has 102 valence electrons. The molecule has 0 saturated carbocycles. The molecule has 0 aromatic carbocycles. The summed E-state index contributed by atoms with van der Waals surface area (Å²) < 4.78 is 0. The molecule has 3 nitrogen and oxygen atoms in total. The lowest BCUT2D eigenvalue weighted by Gasteiger charge is -2.36. The van der Waals surface area contributed by atoms with E-state index in [1.165, 1.54) is 0 Å². The van der Waals surface area contributed by atoms with Crippen molar-refractivity contribution in [3.8, 4) is 0 Å². The molecule has 0 N–H and O–H groups in total. The summed E-state index contributed by atoms with van der Waals surface area (Å²) >= 11 is 6.08. The number of rotatable bonds is 3. The summed E-state index contributed by atoms with van der Waals surface area (Å²) in [5, 5.41) is 0.511. The Bertz CT molecular complexity index is 410. The minimum Gasteiger partial charge on any atom is -0.356 e. The predicted molar refractivity (Wildman–Crippen MR) is 78.5 cm³/mol. The molecule has 0 aliphatic carbocycles. The van der Waals surface area contributed by atoms with Gasteiger partial charge in [0.15, 0.2) is 0 Å². The Hall–Kier alpha value is -0.830. The van der Waals surface area contributed by atoms with E-state index >= 15 is 0 Å². The van der Waals surface area contributed by atoms with Crippen LogP contribution in [0.4, 0.5) is 5.82 Å². The highest BCUT2D eigenvalue weighted by Crippen LogP contribution is 2.28. The Morgan fingerprint density at radius 2 is 1.72 bits per heavy atom. The van der Waals surface area contributed by atoms with Crippen molar-refractivity contribution in [3.05, 3.63) is 17.0 Å². The number of halogens is 1. The molecule has 18 heavy (non-hydrogen) atoms. The summed E-state index contributed by atoms with van der Waals surface area (Å²) in [6, 6.07) is 2.19. The SMILES string of the molecule is CC(C)c1nc(Cl)cc(N(C)C(C)C(C)(C)C)n1. The molecule has 0 fully saturated rings. The van der Waals surface area contributed by atoms with Crippen LogP contribution in [-0.4, -0.2) is 23.1 Å². The van der Waals surface area contributed by atoms with Gasteiger partial charge in [-0.1, -0.05) is 46.2 Å². The molecule has 1 unspecified atom stereocenters. The van der Waals surface area contributed by atoms with E-state index in [1.807, 2.05) is 6.07 Å². The first kappa shape index (κ1) is 15.2. The van der Waals surface area contributed by atoms with Gasteiger partial charge in [-0.05, 0) is 12.3 Å². The second-order valence-electron chi connectivity index (χ2n) is 6.21. The Balaban J connectivity index is 3.09. The Kier molecular flexibility index (Phi) is 4.60. The number of aromatic nitrogens is 2. The van der Waals surface area contributed by atoms with E-state index in [4.69, 9.17) is 11.6 Å². The molecule has 1 rings (SSSR count). The molecule has 0 aliphatic heterocycles. The van der Waals surface area contributed by atoms with Gasteiger partial charge in [-0.3, -0.25) is 0 Å². The highest BCUT2D eigenvalue weighted by atomic mass is 35.5. The fraction of sp³-hybridized carbons (Fsp3) is 0.714. The van der Waals surface area contributed by atoms with Crippen molar-refractivity contribution < 1.29 is 0 Å². The van der Waals surface area contributed by atoms with Crippen molar-refractivity contribution in [2.45, 2.75) is 53.5 Å². The summed E-state index contributed by atoms with van der Waals surface area (Å²) in [6.45, 7) is 13.0. The van der Waals surface area contributed by atoms with Gasteiger partial charge in [-0.2, -0.15) is 0 Å². The van der Waals surface area contributed by atoms with E-state index in [0.717, 1.165) is 11.6 Å². The lowest BCUT2D eigenvalue weighted by molar-refractivity contribution is 0.328. The number of hydrogen-bond acceptors (Lipinski definition) is 3. The van der Waals surface area contributed by atoms with Crippen LogP contribution in [-0.2, 0) is 0 Å². The molecule has 1 aromatic heterocycles. The minimum atomic E-state index is 0.185. The molecular formula is C14H24ClN3. The summed E-state index contributed by atoms with van der Waals surface area (Å²) in [5.74, 6) is 1.97. The molecule has 4 heteroatoms. The van der Waals surface area contributed by atoms with E-state index in [1.54, 1.807) is 0 Å². The molecule has 1 heterocycles. The van der Waals surface area contributed by atoms with Crippen molar-refractivity contribution in [1.82, 2.24) is 9.97 Å². The third kappa shape index (κ3) is 3.58. The maximum absolute atomic E-state index is 6.08. The van der Waals surface area contributed by atoms with E-state index in [9.17, 15) is 0 Å². The summed E-state index contributed by atoms with van der Waals surface area (Å²) in [7, 11) is 2.05. The van der Waals surface area contributed by atoms with Gasteiger partial charge < -0.3 is 4.90 Å². The number of nitrogens with zero attached hydrogens (tertiary/aromatic N) is 3. The third-order valence-electron chi connectivity index (χ3n) is 3.41. The minimum absolute atomic E-state index is 0.185. The average Bonchev–Trinajstić information content (AvgIpc) is 2.24. The van der Waals surface area contributed by atoms with Gasteiger partial charge in [0.05, 0.1) is 0 Å². The van der Waals surface area contributed by atoms with Crippen molar-refractivity contribution in [2.75, 3.05) is 11.9 Å². The monoisotopic (exact) mass is 269 g/mol. The smallest absolute Gasteiger partial charge is 0.135 e. The van der Waals surface area contributed by atoms with Crippen LogP contribution in [0.1, 0.15) is 53.3 Å². The van der Waals surface area contributed by atoms with Crippen LogP contribution in [0, 0.1) is 5.41 Å². The topological polar surface area (TPSA) is 29.0 Å². The van der Waals surface area contributed by atoms with Crippen LogP contribution < -0.4 is 4.90 Å². The number of anilines is 1. The first-order valence-electron chi connectivity index (χ1n) is 6.40. The Labute approximate surface area is 116 Å². The average molecular weight is 270 g/mol. The zero-order chi connectivity index (χ0) is 14.1. The molecule has 1 atom stereocenters. The Morgan fingerprint density at radius 3 is 2.17 bits per heavy atom. The van der Waals surface area contributed by atoms with Crippen LogP contribution in [0.15, 0.2) is 6.07 Å². The largest absolute Gasteiger partial charge is 0.356 e. The summed E-state index contributed by atoms with van der Waals surface area (Å²) in [5.41, 5.74) is 0.185. The maximum Gasteiger partial charge on any atom is 0.135 e. The molecule has 0 saturated heterocycles. The molecule has 0 amide bonds. The normalized spacial score (nSPS) is 13.8. The fourth-order valence-corrected chi connectivity index (χ4v) is 1.83. The summed E-state index contributed by atoms with van der Waals surface area (Å²) in [4.78, 5) is 11.0. The van der Waals surface area contributed by atoms with Gasteiger partial charge >= 0.3 is 0 Å². The van der Waals surface area contributed by atoms with Crippen LogP contribution in [0.25, 0.3) is 0 Å². The van der Waals surface area contributed by atoms with Crippen molar-refractivity contribution >= 4 is 17.4 Å². The quantitative estimate of drug-likeness (QED) is 0.773. The van der Waals surface area contributed by atoms with E-state index in [-0.39, 0.29) is 11.3 Å². The molecule has 0 aliphatic rings. The van der Waals surface area contributed by atoms with Crippen LogP contribution in [0.2, 0.25) is 5.15 Å². The maximum atomic E-state index is 6.08. The van der Waals surface area contributed by atoms with Crippen LogP contribution >= 0.6 is 11.6 Å². The van der Waals surface area contributed by atoms with E-state index in [0.29, 0.717) is 11.2 Å². The molecule has 1 aromatic rings. The van der Waals surface area contributed by atoms with Crippen LogP contribution in [0.3, 0.4) is 0 Å². The first-order valence-corrected chi connectivity index (χ1v) is 6.78. The van der Waals surface area contributed by atoms with Gasteiger partial charge in [-0.15, -0.1) is 0 Å². The second kappa shape index (κ2) is 5.43. The van der Waals surface area contributed by atoms with Crippen molar-refractivity contribution in [2.24, 2.45) is 5.41 Å². The van der Waals surface area contributed by atoms with Crippen LogP contribution in [0.5, 0.6) is 0 Å². The van der Waals surface area contributed by atoms with Gasteiger partial charge in [0.2, 0.25) is 0 Å². The van der Waals surface area contributed by atoms with E-state index in [2.05, 4.69) is 63.5 Å². The Morgan fingerprint density at radius 1 is 1.17 bits per heavy atom. The molecular weight excluding hydrogens is 246 g/mol. The van der Waals surface area contributed by atoms with Gasteiger partial charge in [-0.25, -0.2) is 9.97 Å². The molecule has 0 radical (unpaired) electrons. The van der Waals surface area contributed by atoms with Gasteiger partial charge in [0.25, 0.3) is 0 Å². The molecule has 0 bridgehead atoms. The summed E-state index contributed by atoms with van der Waals surface area (Å²) in [6.07, 6.45) is 0. The standard InChI is InChI=1S/C14H24ClN3/c1-9(2)13-16-11(15)8-12(17-13)18(7)10(3)14(4,5)6/h8-10H,1-7H3. The number of hydrogen-bond donors (Lipinski definition) is 0. The lowest BCUT2D eigenvalue weighted by Crippen LogP contribution is -2.40. The van der Waals surface area contributed by atoms with E-state index < -0.39 is 0 Å².